The Bertz CT molecular complexity index is 295. The van der Waals surface area contributed by atoms with Gasteiger partial charge in [-0.1, -0.05) is 111 Å². The molecule has 24 heavy (non-hydrogen) atoms. The van der Waals surface area contributed by atoms with Crippen LogP contribution in [0.1, 0.15) is 121 Å². The first-order valence-corrected chi connectivity index (χ1v) is 11.2. The second-order valence-electron chi connectivity index (χ2n) is 6.52. The van der Waals surface area contributed by atoms with E-state index in [4.69, 9.17) is 0 Å². The summed E-state index contributed by atoms with van der Waals surface area (Å²) in [6.07, 6.45) is 18.5. The van der Waals surface area contributed by atoms with Gasteiger partial charge in [-0.25, -0.2) is 0 Å². The van der Waals surface area contributed by atoms with E-state index in [1.165, 1.54) is 83.5 Å². The van der Waals surface area contributed by atoms with E-state index in [-0.39, 0.29) is 0 Å². The first-order valence-electron chi connectivity index (χ1n) is 10.4. The van der Waals surface area contributed by atoms with E-state index in [1.807, 2.05) is 13.8 Å². The highest BCUT2D eigenvalue weighted by Gasteiger charge is 1.88. The molecule has 0 aliphatic carbocycles. The Morgan fingerprint density at radius 1 is 0.500 bits per heavy atom. The molecule has 1 heterocycles. The van der Waals surface area contributed by atoms with Gasteiger partial charge in [0.2, 0.25) is 0 Å². The summed E-state index contributed by atoms with van der Waals surface area (Å²) in [5.74, 6) is 0. The molecular weight excluding hydrogens is 312 g/mol. The third-order valence-corrected chi connectivity index (χ3v) is 4.55. The molecule has 0 aliphatic rings. The highest BCUT2D eigenvalue weighted by molar-refractivity contribution is 7.11. The van der Waals surface area contributed by atoms with Crippen LogP contribution >= 0.6 is 11.3 Å². The molecule has 2 nitrogen and oxygen atoms in total. The van der Waals surface area contributed by atoms with Crippen LogP contribution in [0.4, 0.5) is 0 Å². The van der Waals surface area contributed by atoms with Crippen LogP contribution < -0.4 is 0 Å². The highest BCUT2D eigenvalue weighted by Crippen LogP contribution is 2.06. The van der Waals surface area contributed by atoms with Gasteiger partial charge in [-0.15, -0.1) is 21.5 Å². The summed E-state index contributed by atoms with van der Waals surface area (Å²) < 4.78 is 0. The molecule has 0 radical (unpaired) electrons. The van der Waals surface area contributed by atoms with E-state index in [0.29, 0.717) is 0 Å². The molecule has 0 saturated heterocycles. The van der Waals surface area contributed by atoms with Crippen molar-refractivity contribution in [1.29, 1.82) is 0 Å². The molecule has 144 valence electrons. The number of rotatable bonds is 11. The Balaban J connectivity index is 0. The van der Waals surface area contributed by atoms with Crippen molar-refractivity contribution in [2.24, 2.45) is 0 Å². The summed E-state index contributed by atoms with van der Waals surface area (Å²) in [5.41, 5.74) is 0. The summed E-state index contributed by atoms with van der Waals surface area (Å²) in [4.78, 5) is 0. The van der Waals surface area contributed by atoms with E-state index < -0.39 is 0 Å². The van der Waals surface area contributed by atoms with Crippen molar-refractivity contribution in [3.63, 3.8) is 0 Å². The number of hydrogen-bond acceptors (Lipinski definition) is 3. The molecule has 0 amide bonds. The van der Waals surface area contributed by atoms with Crippen molar-refractivity contribution >= 4 is 11.3 Å². The van der Waals surface area contributed by atoms with Gasteiger partial charge in [-0.2, -0.15) is 0 Å². The molecule has 1 aromatic heterocycles. The number of unbranched alkanes of at least 4 members (excludes halogenated alkanes) is 11. The number of aromatic nitrogens is 2. The Morgan fingerprint density at radius 3 is 0.917 bits per heavy atom. The van der Waals surface area contributed by atoms with Gasteiger partial charge in [0.25, 0.3) is 0 Å². The summed E-state index contributed by atoms with van der Waals surface area (Å²) >= 11 is 1.62. The lowest BCUT2D eigenvalue weighted by Gasteiger charge is -1.96. The van der Waals surface area contributed by atoms with Crippen molar-refractivity contribution in [2.75, 3.05) is 0 Å². The van der Waals surface area contributed by atoms with Crippen molar-refractivity contribution in [3.05, 3.63) is 10.0 Å². The van der Waals surface area contributed by atoms with E-state index in [1.54, 1.807) is 11.3 Å². The number of hydrogen-bond donors (Lipinski definition) is 0. The molecular formula is C21H44N2S. The summed E-state index contributed by atoms with van der Waals surface area (Å²) in [7, 11) is 0. The third-order valence-electron chi connectivity index (χ3n) is 3.79. The fourth-order valence-corrected chi connectivity index (χ4v) is 2.87. The molecule has 3 heteroatoms. The molecule has 0 aromatic carbocycles. The van der Waals surface area contributed by atoms with Gasteiger partial charge in [0, 0.05) is 0 Å². The minimum Gasteiger partial charge on any atom is -0.144 e. The van der Waals surface area contributed by atoms with E-state index in [9.17, 15) is 0 Å². The van der Waals surface area contributed by atoms with Gasteiger partial charge < -0.3 is 0 Å². The molecule has 0 N–H and O–H groups in total. The van der Waals surface area contributed by atoms with Gasteiger partial charge in [-0.05, 0) is 13.8 Å². The van der Waals surface area contributed by atoms with E-state index in [0.717, 1.165) is 10.0 Å². The molecule has 1 aromatic rings. The zero-order valence-electron chi connectivity index (χ0n) is 17.5. The second-order valence-corrected chi connectivity index (χ2v) is 7.91. The SMILES string of the molecule is CCCCCCCC.CCCCCCCCC.Cc1nnc(C)s1. The van der Waals surface area contributed by atoms with Gasteiger partial charge in [0.1, 0.15) is 10.0 Å². The summed E-state index contributed by atoms with van der Waals surface area (Å²) in [6, 6.07) is 0. The van der Waals surface area contributed by atoms with Crippen LogP contribution in [0.25, 0.3) is 0 Å². The van der Waals surface area contributed by atoms with Crippen molar-refractivity contribution in [2.45, 2.75) is 125 Å². The first kappa shape index (κ1) is 25.8. The molecule has 0 aliphatic heterocycles. The predicted octanol–water partition coefficient (Wildman–Crippen LogP) is 8.28. The highest BCUT2D eigenvalue weighted by atomic mass is 32.1. The van der Waals surface area contributed by atoms with Gasteiger partial charge in [0.05, 0.1) is 0 Å². The standard InChI is InChI=1S/C9H20.C8H18.C4H6N2S/c1-3-5-7-9-8-6-4-2;1-3-5-7-8-6-4-2;1-3-5-6-4(2)7-3/h3-9H2,1-2H3;3-8H2,1-2H3;1-2H3. The Kier molecular flexibility index (Phi) is 24.2. The first-order chi connectivity index (χ1) is 11.6. The zero-order valence-corrected chi connectivity index (χ0v) is 18.3. The van der Waals surface area contributed by atoms with Crippen LogP contribution in [0.2, 0.25) is 0 Å². The fourth-order valence-electron chi connectivity index (χ4n) is 2.28. The van der Waals surface area contributed by atoms with E-state index >= 15 is 0 Å². The lowest BCUT2D eigenvalue weighted by molar-refractivity contribution is 0.602. The van der Waals surface area contributed by atoms with Gasteiger partial charge in [-0.3, -0.25) is 0 Å². The zero-order chi connectivity index (χ0) is 18.5. The fraction of sp³-hybridized carbons (Fsp3) is 0.905. The smallest absolute Gasteiger partial charge is 0.114 e. The Hall–Kier alpha value is -0.440. The van der Waals surface area contributed by atoms with Crippen LogP contribution in [0.3, 0.4) is 0 Å². The number of aryl methyl sites for hydroxylation is 2. The lowest BCUT2D eigenvalue weighted by Crippen LogP contribution is -1.76. The quantitative estimate of drug-likeness (QED) is 0.373. The maximum Gasteiger partial charge on any atom is 0.114 e. The van der Waals surface area contributed by atoms with Gasteiger partial charge in [0.15, 0.2) is 0 Å². The largest absolute Gasteiger partial charge is 0.144 e. The van der Waals surface area contributed by atoms with Crippen LogP contribution in [-0.4, -0.2) is 10.2 Å². The van der Waals surface area contributed by atoms with Crippen molar-refractivity contribution < 1.29 is 0 Å². The topological polar surface area (TPSA) is 25.8 Å². The van der Waals surface area contributed by atoms with Crippen LogP contribution in [-0.2, 0) is 0 Å². The second kappa shape index (κ2) is 22.6. The van der Waals surface area contributed by atoms with Crippen LogP contribution in [0.5, 0.6) is 0 Å². The molecule has 0 fully saturated rings. The predicted molar refractivity (Wildman–Crippen MR) is 112 cm³/mol. The maximum absolute atomic E-state index is 3.78. The molecule has 0 spiro atoms. The number of nitrogens with zero attached hydrogens (tertiary/aromatic N) is 2. The molecule has 0 bridgehead atoms. The monoisotopic (exact) mass is 356 g/mol. The summed E-state index contributed by atoms with van der Waals surface area (Å²) in [5, 5.41) is 9.65. The minimum atomic E-state index is 1.04. The molecule has 0 atom stereocenters. The van der Waals surface area contributed by atoms with Crippen LogP contribution in [0, 0.1) is 13.8 Å². The maximum atomic E-state index is 3.78. The molecule has 0 saturated carbocycles. The van der Waals surface area contributed by atoms with Gasteiger partial charge >= 0.3 is 0 Å². The lowest BCUT2D eigenvalue weighted by atomic mass is 10.1. The normalized spacial score (nSPS) is 9.75. The van der Waals surface area contributed by atoms with E-state index in [2.05, 4.69) is 37.9 Å². The summed E-state index contributed by atoms with van der Waals surface area (Å²) in [6.45, 7) is 12.9. The molecule has 0 unspecified atom stereocenters. The van der Waals surface area contributed by atoms with Crippen LogP contribution in [0.15, 0.2) is 0 Å². The van der Waals surface area contributed by atoms with Crippen molar-refractivity contribution in [3.8, 4) is 0 Å². The third kappa shape index (κ3) is 23.8. The molecule has 1 rings (SSSR count). The van der Waals surface area contributed by atoms with Crippen molar-refractivity contribution in [1.82, 2.24) is 10.2 Å². The minimum absolute atomic E-state index is 1.04. The average molecular weight is 357 g/mol. The Morgan fingerprint density at radius 2 is 0.750 bits per heavy atom. The Labute approximate surface area is 156 Å². The average Bonchev–Trinajstić information content (AvgIpc) is 2.96.